The summed E-state index contributed by atoms with van der Waals surface area (Å²) in [5.41, 5.74) is 2.70. The number of anilines is 1. The summed E-state index contributed by atoms with van der Waals surface area (Å²) < 4.78 is 5.50. The van der Waals surface area contributed by atoms with Gasteiger partial charge in [-0.3, -0.25) is 0 Å². The number of hydrogen-bond acceptors (Lipinski definition) is 2. The first-order valence-corrected chi connectivity index (χ1v) is 9.04. The fraction of sp³-hybridized carbons (Fsp3) is 0.429. The van der Waals surface area contributed by atoms with Gasteiger partial charge < -0.3 is 14.5 Å². The van der Waals surface area contributed by atoms with Crippen molar-refractivity contribution >= 4 is 5.69 Å². The van der Waals surface area contributed by atoms with Crippen LogP contribution in [0.25, 0.3) is 0 Å². The molecule has 2 aromatic rings. The van der Waals surface area contributed by atoms with Crippen LogP contribution in [0.15, 0.2) is 54.6 Å². The largest absolute Gasteiger partial charge is 0.495 e. The van der Waals surface area contributed by atoms with Crippen molar-refractivity contribution in [2.24, 2.45) is 0 Å². The molecule has 128 valence electrons. The number of methoxy groups -OCH3 is 1. The van der Waals surface area contributed by atoms with Gasteiger partial charge in [0.15, 0.2) is 0 Å². The van der Waals surface area contributed by atoms with Gasteiger partial charge in [0.05, 0.1) is 45.5 Å². The molecule has 24 heavy (non-hydrogen) atoms. The van der Waals surface area contributed by atoms with Crippen LogP contribution in [-0.4, -0.2) is 39.8 Å². The lowest BCUT2D eigenvalue weighted by molar-refractivity contribution is -0.901. The first-order valence-electron chi connectivity index (χ1n) is 9.04. The van der Waals surface area contributed by atoms with E-state index in [0.29, 0.717) is 5.92 Å². The van der Waals surface area contributed by atoms with E-state index in [4.69, 9.17) is 4.74 Å². The van der Waals surface area contributed by atoms with Crippen molar-refractivity contribution < 1.29 is 9.64 Å². The lowest BCUT2D eigenvalue weighted by Crippen LogP contribution is -3.14. The minimum atomic E-state index is 0.644. The molecule has 0 radical (unpaired) electrons. The second kappa shape index (κ2) is 8.20. The van der Waals surface area contributed by atoms with Gasteiger partial charge >= 0.3 is 0 Å². The molecule has 1 atom stereocenters. The van der Waals surface area contributed by atoms with Crippen LogP contribution in [-0.2, 0) is 0 Å². The molecule has 1 aliphatic heterocycles. The fourth-order valence-electron chi connectivity index (χ4n) is 3.57. The molecular weight excluding hydrogens is 296 g/mol. The molecule has 0 unspecified atom stereocenters. The monoisotopic (exact) mass is 325 g/mol. The number of nitrogens with one attached hydrogen (secondary N) is 1. The van der Waals surface area contributed by atoms with Gasteiger partial charge in [0.25, 0.3) is 0 Å². The summed E-state index contributed by atoms with van der Waals surface area (Å²) >= 11 is 0. The Balaban J connectivity index is 1.49. The standard InChI is InChI=1S/C21H28N2O/c1-18(19-8-4-3-5-9-19)12-13-22-14-16-23(17-15-22)20-10-6-7-11-21(20)24-2/h3-11,18H,12-17H2,1-2H3/p+1/t18-/m0/s1. The fourth-order valence-corrected chi connectivity index (χ4v) is 3.57. The highest BCUT2D eigenvalue weighted by Crippen LogP contribution is 2.27. The minimum absolute atomic E-state index is 0.644. The quantitative estimate of drug-likeness (QED) is 0.879. The maximum atomic E-state index is 5.50. The summed E-state index contributed by atoms with van der Waals surface area (Å²) in [5.74, 6) is 1.63. The van der Waals surface area contributed by atoms with Crippen molar-refractivity contribution in [3.8, 4) is 5.75 Å². The van der Waals surface area contributed by atoms with Gasteiger partial charge in [0.1, 0.15) is 5.75 Å². The van der Waals surface area contributed by atoms with Crippen LogP contribution in [0.4, 0.5) is 5.69 Å². The van der Waals surface area contributed by atoms with Crippen LogP contribution in [0.1, 0.15) is 24.8 Å². The van der Waals surface area contributed by atoms with Crippen molar-refractivity contribution in [2.45, 2.75) is 19.3 Å². The van der Waals surface area contributed by atoms with E-state index in [9.17, 15) is 0 Å². The molecule has 0 amide bonds. The highest BCUT2D eigenvalue weighted by Gasteiger charge is 2.22. The molecule has 1 heterocycles. The normalized spacial score (nSPS) is 16.8. The van der Waals surface area contributed by atoms with Crippen LogP contribution >= 0.6 is 0 Å². The summed E-state index contributed by atoms with van der Waals surface area (Å²) in [7, 11) is 1.76. The van der Waals surface area contributed by atoms with E-state index in [2.05, 4.69) is 60.4 Å². The van der Waals surface area contributed by atoms with Crippen molar-refractivity contribution in [2.75, 3.05) is 44.7 Å². The smallest absolute Gasteiger partial charge is 0.142 e. The Labute approximate surface area is 145 Å². The Morgan fingerprint density at radius 2 is 1.67 bits per heavy atom. The summed E-state index contributed by atoms with van der Waals surface area (Å²) in [4.78, 5) is 4.19. The maximum absolute atomic E-state index is 5.50. The van der Waals surface area contributed by atoms with E-state index in [1.54, 1.807) is 12.0 Å². The second-order valence-corrected chi connectivity index (χ2v) is 6.76. The maximum Gasteiger partial charge on any atom is 0.142 e. The van der Waals surface area contributed by atoms with Crippen molar-refractivity contribution in [1.29, 1.82) is 0 Å². The van der Waals surface area contributed by atoms with Crippen molar-refractivity contribution in [1.82, 2.24) is 0 Å². The Kier molecular flexibility index (Phi) is 5.76. The molecule has 1 fully saturated rings. The third-order valence-electron chi connectivity index (χ3n) is 5.20. The van der Waals surface area contributed by atoms with E-state index in [1.165, 1.54) is 37.3 Å². The molecule has 0 bridgehead atoms. The number of nitrogens with zero attached hydrogens (tertiary/aromatic N) is 1. The van der Waals surface area contributed by atoms with Gasteiger partial charge in [-0.2, -0.15) is 0 Å². The number of quaternary nitrogens is 1. The number of ether oxygens (including phenoxy) is 1. The predicted octanol–water partition coefficient (Wildman–Crippen LogP) is 2.59. The molecule has 3 heteroatoms. The van der Waals surface area contributed by atoms with Crippen molar-refractivity contribution in [3.63, 3.8) is 0 Å². The van der Waals surface area contributed by atoms with Gasteiger partial charge in [-0.15, -0.1) is 0 Å². The number of rotatable bonds is 6. The number of benzene rings is 2. The molecule has 1 N–H and O–H groups in total. The number of piperazine rings is 1. The molecule has 3 rings (SSSR count). The van der Waals surface area contributed by atoms with Gasteiger partial charge in [-0.25, -0.2) is 0 Å². The molecule has 2 aromatic carbocycles. The summed E-state index contributed by atoms with van der Waals surface area (Å²) in [6.07, 6.45) is 1.26. The van der Waals surface area contributed by atoms with Gasteiger partial charge in [0.2, 0.25) is 0 Å². The molecule has 1 saturated heterocycles. The van der Waals surface area contributed by atoms with Crippen molar-refractivity contribution in [3.05, 3.63) is 60.2 Å². The Hall–Kier alpha value is -2.00. The van der Waals surface area contributed by atoms with E-state index >= 15 is 0 Å². The topological polar surface area (TPSA) is 16.9 Å². The lowest BCUT2D eigenvalue weighted by Gasteiger charge is -2.34. The van der Waals surface area contributed by atoms with E-state index in [1.807, 2.05) is 6.07 Å². The van der Waals surface area contributed by atoms with E-state index < -0.39 is 0 Å². The zero-order chi connectivity index (χ0) is 16.8. The summed E-state index contributed by atoms with van der Waals surface area (Å²) in [5, 5.41) is 0. The second-order valence-electron chi connectivity index (χ2n) is 6.76. The van der Waals surface area contributed by atoms with Crippen LogP contribution in [0.2, 0.25) is 0 Å². The third kappa shape index (κ3) is 4.09. The highest BCUT2D eigenvalue weighted by atomic mass is 16.5. The summed E-state index contributed by atoms with van der Waals surface area (Å²) in [6.45, 7) is 8.24. The Morgan fingerprint density at radius 1 is 1.00 bits per heavy atom. The summed E-state index contributed by atoms with van der Waals surface area (Å²) in [6, 6.07) is 19.2. The van der Waals surface area contributed by atoms with Crippen LogP contribution < -0.4 is 14.5 Å². The minimum Gasteiger partial charge on any atom is -0.495 e. The van der Waals surface area contributed by atoms with E-state index in [0.717, 1.165) is 18.8 Å². The first kappa shape index (κ1) is 16.8. The average Bonchev–Trinajstić information content (AvgIpc) is 2.67. The molecule has 0 aromatic heterocycles. The Bertz CT molecular complexity index is 621. The average molecular weight is 325 g/mol. The van der Waals surface area contributed by atoms with Crippen LogP contribution in [0.3, 0.4) is 0 Å². The van der Waals surface area contributed by atoms with Gasteiger partial charge in [-0.05, 0) is 23.6 Å². The molecule has 3 nitrogen and oxygen atoms in total. The third-order valence-corrected chi connectivity index (χ3v) is 5.20. The zero-order valence-electron chi connectivity index (χ0n) is 14.9. The lowest BCUT2D eigenvalue weighted by atomic mass is 9.97. The molecular formula is C21H29N2O+. The molecule has 0 aliphatic carbocycles. The van der Waals surface area contributed by atoms with Gasteiger partial charge in [0, 0.05) is 6.42 Å². The predicted molar refractivity (Wildman–Crippen MR) is 100 cm³/mol. The Morgan fingerprint density at radius 3 is 2.38 bits per heavy atom. The van der Waals surface area contributed by atoms with Crippen LogP contribution in [0, 0.1) is 0 Å². The molecule has 0 spiro atoms. The number of hydrogen-bond donors (Lipinski definition) is 1. The highest BCUT2D eigenvalue weighted by molar-refractivity contribution is 5.58. The van der Waals surface area contributed by atoms with Gasteiger partial charge in [-0.1, -0.05) is 49.4 Å². The SMILES string of the molecule is COc1ccccc1N1CC[NH+](CC[C@H](C)c2ccccc2)CC1. The molecule has 0 saturated carbocycles. The molecule has 1 aliphatic rings. The zero-order valence-corrected chi connectivity index (χ0v) is 14.9. The number of para-hydroxylation sites is 2. The first-order chi connectivity index (χ1) is 11.8. The van der Waals surface area contributed by atoms with Crippen LogP contribution in [0.5, 0.6) is 5.75 Å². The van der Waals surface area contributed by atoms with E-state index in [-0.39, 0.29) is 0 Å².